The fraction of sp³-hybridized carbons (Fsp3) is 0.583. The van der Waals surface area contributed by atoms with E-state index in [4.69, 9.17) is 5.73 Å². The van der Waals surface area contributed by atoms with Crippen LogP contribution < -0.4 is 5.73 Å². The van der Waals surface area contributed by atoms with Crippen molar-refractivity contribution in [3.8, 4) is 0 Å². The molecule has 1 aromatic heterocycles. The molecule has 1 heterocycles. The molecule has 1 saturated carbocycles. The molecule has 0 atom stereocenters. The maximum absolute atomic E-state index is 12.6. The Balaban J connectivity index is 2.15. The third kappa shape index (κ3) is 2.43. The van der Waals surface area contributed by atoms with Crippen molar-refractivity contribution in [1.29, 1.82) is 0 Å². The summed E-state index contributed by atoms with van der Waals surface area (Å²) in [4.78, 5) is 3.87. The topological polar surface area (TPSA) is 59.1 Å². The Hall–Kier alpha value is -1.30. The third-order valence-corrected chi connectivity index (χ3v) is 3.63. The largest absolute Gasteiger partial charge is 0.398 e. The Bertz CT molecular complexity index is 426. The van der Waals surface area contributed by atoms with Crippen molar-refractivity contribution in [3.05, 3.63) is 24.0 Å². The molecule has 1 aliphatic rings. The Morgan fingerprint density at radius 3 is 2.44 bits per heavy atom. The first kappa shape index (κ1) is 13.1. The molecular formula is C12H15F3N2O. The average Bonchev–Trinajstić information content (AvgIpc) is 2.28. The van der Waals surface area contributed by atoms with Crippen LogP contribution >= 0.6 is 0 Å². The first-order valence-corrected chi connectivity index (χ1v) is 5.82. The van der Waals surface area contributed by atoms with E-state index < -0.39 is 17.7 Å². The molecule has 1 aliphatic carbocycles. The number of aromatic nitrogens is 1. The van der Waals surface area contributed by atoms with E-state index in [1.807, 2.05) is 0 Å². The van der Waals surface area contributed by atoms with E-state index in [1.54, 1.807) is 6.07 Å². The highest BCUT2D eigenvalue weighted by Crippen LogP contribution is 2.45. The minimum absolute atomic E-state index is 0.0626. The van der Waals surface area contributed by atoms with Gasteiger partial charge in [0.05, 0.1) is 11.5 Å². The summed E-state index contributed by atoms with van der Waals surface area (Å²) in [6, 6.07) is 1.54. The van der Waals surface area contributed by atoms with Gasteiger partial charge in [-0.3, -0.25) is 4.98 Å². The van der Waals surface area contributed by atoms with Crippen molar-refractivity contribution in [3.63, 3.8) is 0 Å². The molecule has 0 aromatic carbocycles. The van der Waals surface area contributed by atoms with E-state index in [0.29, 0.717) is 11.3 Å². The lowest BCUT2D eigenvalue weighted by Crippen LogP contribution is -2.36. The second kappa shape index (κ2) is 4.42. The van der Waals surface area contributed by atoms with Gasteiger partial charge in [-0.2, -0.15) is 13.2 Å². The Morgan fingerprint density at radius 1 is 1.33 bits per heavy atom. The Morgan fingerprint density at radius 2 is 1.94 bits per heavy atom. The molecule has 0 bridgehead atoms. The van der Waals surface area contributed by atoms with Gasteiger partial charge in [0.2, 0.25) is 0 Å². The van der Waals surface area contributed by atoms with Gasteiger partial charge in [0.25, 0.3) is 0 Å². The number of halogens is 3. The van der Waals surface area contributed by atoms with Crippen molar-refractivity contribution in [2.45, 2.75) is 37.5 Å². The third-order valence-electron chi connectivity index (χ3n) is 3.63. The van der Waals surface area contributed by atoms with Gasteiger partial charge in [0.1, 0.15) is 0 Å². The maximum Gasteiger partial charge on any atom is 0.391 e. The van der Waals surface area contributed by atoms with Crippen LogP contribution in [0.15, 0.2) is 18.5 Å². The minimum atomic E-state index is -4.18. The lowest BCUT2D eigenvalue weighted by Gasteiger charge is -2.37. The van der Waals surface area contributed by atoms with Crippen LogP contribution in [0.4, 0.5) is 18.9 Å². The van der Waals surface area contributed by atoms with Crippen LogP contribution in [0, 0.1) is 5.92 Å². The van der Waals surface area contributed by atoms with E-state index in [1.165, 1.54) is 12.4 Å². The number of rotatable bonds is 1. The zero-order chi connectivity index (χ0) is 13.4. The van der Waals surface area contributed by atoms with Crippen LogP contribution in [0.3, 0.4) is 0 Å². The zero-order valence-electron chi connectivity index (χ0n) is 9.74. The van der Waals surface area contributed by atoms with Crippen LogP contribution in [-0.2, 0) is 5.60 Å². The molecule has 0 radical (unpaired) electrons. The number of alkyl halides is 3. The molecule has 3 nitrogen and oxygen atoms in total. The molecule has 0 unspecified atom stereocenters. The highest BCUT2D eigenvalue weighted by molar-refractivity contribution is 5.47. The minimum Gasteiger partial charge on any atom is -0.398 e. The molecule has 6 heteroatoms. The normalized spacial score (nSPS) is 29.2. The van der Waals surface area contributed by atoms with Crippen LogP contribution in [0.2, 0.25) is 0 Å². The summed E-state index contributed by atoms with van der Waals surface area (Å²) < 4.78 is 37.7. The predicted octanol–water partition coefficient (Wildman–Crippen LogP) is 2.60. The molecule has 0 saturated heterocycles. The number of nitrogen functional groups attached to an aromatic ring is 1. The van der Waals surface area contributed by atoms with Gasteiger partial charge in [-0.1, -0.05) is 0 Å². The summed E-state index contributed by atoms with van der Waals surface area (Å²) >= 11 is 0. The van der Waals surface area contributed by atoms with Gasteiger partial charge in [0.15, 0.2) is 0 Å². The molecule has 0 aliphatic heterocycles. The van der Waals surface area contributed by atoms with Crippen molar-refractivity contribution in [2.24, 2.45) is 5.92 Å². The van der Waals surface area contributed by atoms with E-state index in [-0.39, 0.29) is 25.7 Å². The lowest BCUT2D eigenvalue weighted by molar-refractivity contribution is -0.193. The molecule has 100 valence electrons. The van der Waals surface area contributed by atoms with Gasteiger partial charge in [-0.05, 0) is 31.7 Å². The fourth-order valence-electron chi connectivity index (χ4n) is 2.49. The summed E-state index contributed by atoms with van der Waals surface area (Å²) in [7, 11) is 0. The number of nitrogens with two attached hydrogens (primary N) is 1. The number of nitrogens with zero attached hydrogens (tertiary/aromatic N) is 1. The Kier molecular flexibility index (Phi) is 3.23. The van der Waals surface area contributed by atoms with Crippen molar-refractivity contribution in [1.82, 2.24) is 4.98 Å². The van der Waals surface area contributed by atoms with Crippen LogP contribution in [0.1, 0.15) is 31.2 Å². The van der Waals surface area contributed by atoms with Crippen LogP contribution in [0.25, 0.3) is 0 Å². The number of hydrogen-bond donors (Lipinski definition) is 2. The summed E-state index contributed by atoms with van der Waals surface area (Å²) in [6.07, 6.45) is -1.28. The maximum atomic E-state index is 12.6. The Labute approximate surface area is 103 Å². The lowest BCUT2D eigenvalue weighted by atomic mass is 9.75. The zero-order valence-corrected chi connectivity index (χ0v) is 9.74. The molecule has 18 heavy (non-hydrogen) atoms. The fourth-order valence-corrected chi connectivity index (χ4v) is 2.49. The molecule has 1 aromatic rings. The van der Waals surface area contributed by atoms with Crippen LogP contribution in [-0.4, -0.2) is 16.3 Å². The van der Waals surface area contributed by atoms with E-state index in [9.17, 15) is 18.3 Å². The first-order chi connectivity index (χ1) is 8.33. The first-order valence-electron chi connectivity index (χ1n) is 5.82. The summed E-state index contributed by atoms with van der Waals surface area (Å²) in [5, 5.41) is 10.4. The number of pyridine rings is 1. The highest BCUT2D eigenvalue weighted by Gasteiger charge is 2.46. The molecule has 0 amide bonds. The smallest absolute Gasteiger partial charge is 0.391 e. The number of hydrogen-bond acceptors (Lipinski definition) is 3. The molecule has 2 rings (SSSR count). The predicted molar refractivity (Wildman–Crippen MR) is 60.6 cm³/mol. The van der Waals surface area contributed by atoms with E-state index >= 15 is 0 Å². The van der Waals surface area contributed by atoms with Crippen molar-refractivity contribution in [2.75, 3.05) is 5.73 Å². The van der Waals surface area contributed by atoms with Gasteiger partial charge in [0, 0.05) is 23.6 Å². The second-order valence-corrected chi connectivity index (χ2v) is 4.81. The number of aliphatic hydroxyl groups is 1. The van der Waals surface area contributed by atoms with Gasteiger partial charge in [-0.25, -0.2) is 0 Å². The molecule has 3 N–H and O–H groups in total. The average molecular weight is 260 g/mol. The van der Waals surface area contributed by atoms with Crippen LogP contribution in [0.5, 0.6) is 0 Å². The van der Waals surface area contributed by atoms with Gasteiger partial charge in [-0.15, -0.1) is 0 Å². The molecular weight excluding hydrogens is 245 g/mol. The molecule has 1 fully saturated rings. The standard InChI is InChI=1S/C12H15F3N2O/c13-12(14,15)8-1-4-11(18,5-2-8)9-7-17-6-3-10(9)16/h3,6-8,18H,1-2,4-5H2,(H2,16,17). The highest BCUT2D eigenvalue weighted by atomic mass is 19.4. The SMILES string of the molecule is Nc1ccncc1C1(O)CCC(C(F)(F)F)CC1. The van der Waals surface area contributed by atoms with E-state index in [2.05, 4.69) is 4.98 Å². The van der Waals surface area contributed by atoms with Crippen molar-refractivity contribution < 1.29 is 18.3 Å². The summed E-state index contributed by atoms with van der Waals surface area (Å²) in [5.41, 5.74) is 5.27. The summed E-state index contributed by atoms with van der Waals surface area (Å²) in [5.74, 6) is -1.32. The monoisotopic (exact) mass is 260 g/mol. The van der Waals surface area contributed by atoms with E-state index in [0.717, 1.165) is 0 Å². The quantitative estimate of drug-likeness (QED) is 0.816. The molecule has 0 spiro atoms. The van der Waals surface area contributed by atoms with Crippen molar-refractivity contribution >= 4 is 5.69 Å². The van der Waals surface area contributed by atoms with Gasteiger partial charge < -0.3 is 10.8 Å². The number of anilines is 1. The second-order valence-electron chi connectivity index (χ2n) is 4.81. The van der Waals surface area contributed by atoms with Gasteiger partial charge >= 0.3 is 6.18 Å². The summed E-state index contributed by atoms with van der Waals surface area (Å²) in [6.45, 7) is 0.